The SMILES string of the molecule is COc1ccc(N(CC(=O)NCCN(C)c2ccccc2)S(C)(=O)=O)cc1OC. The lowest BCUT2D eigenvalue weighted by atomic mass is 10.2. The van der Waals surface area contributed by atoms with Crippen LogP contribution < -0.4 is 24.0 Å². The van der Waals surface area contributed by atoms with Crippen LogP contribution in [0.4, 0.5) is 11.4 Å². The summed E-state index contributed by atoms with van der Waals surface area (Å²) >= 11 is 0. The van der Waals surface area contributed by atoms with Gasteiger partial charge < -0.3 is 19.7 Å². The number of carbonyl (C=O) groups is 1. The van der Waals surface area contributed by atoms with E-state index in [0.29, 0.717) is 30.3 Å². The van der Waals surface area contributed by atoms with Crippen molar-refractivity contribution >= 4 is 27.3 Å². The third-order valence-electron chi connectivity index (χ3n) is 4.31. The van der Waals surface area contributed by atoms with Crippen LogP contribution in [0.3, 0.4) is 0 Å². The molecular weight excluding hydrogens is 394 g/mol. The molecule has 9 heteroatoms. The number of carbonyl (C=O) groups excluding carboxylic acids is 1. The first kappa shape index (κ1) is 22.4. The number of anilines is 2. The average molecular weight is 422 g/mol. The normalized spacial score (nSPS) is 10.9. The first-order valence-corrected chi connectivity index (χ1v) is 10.8. The molecule has 0 heterocycles. The number of hydrogen-bond donors (Lipinski definition) is 1. The molecule has 0 saturated carbocycles. The molecule has 0 aliphatic rings. The molecule has 0 spiro atoms. The van der Waals surface area contributed by atoms with E-state index in [1.165, 1.54) is 20.3 Å². The molecule has 29 heavy (non-hydrogen) atoms. The fourth-order valence-corrected chi connectivity index (χ4v) is 3.59. The molecule has 2 aromatic rings. The smallest absolute Gasteiger partial charge is 0.240 e. The van der Waals surface area contributed by atoms with Gasteiger partial charge in [0.05, 0.1) is 26.2 Å². The van der Waals surface area contributed by atoms with Crippen molar-refractivity contribution < 1.29 is 22.7 Å². The Morgan fingerprint density at radius 3 is 2.24 bits per heavy atom. The van der Waals surface area contributed by atoms with Crippen molar-refractivity contribution in [2.75, 3.05) is 56.4 Å². The Bertz CT molecular complexity index is 919. The van der Waals surface area contributed by atoms with Gasteiger partial charge in [0.1, 0.15) is 6.54 Å². The number of hydrogen-bond acceptors (Lipinski definition) is 6. The highest BCUT2D eigenvalue weighted by Crippen LogP contribution is 2.32. The second kappa shape index (κ2) is 10.0. The van der Waals surface area contributed by atoms with Crippen molar-refractivity contribution in [3.8, 4) is 11.5 Å². The fraction of sp³-hybridized carbons (Fsp3) is 0.350. The van der Waals surface area contributed by atoms with Gasteiger partial charge in [-0.3, -0.25) is 9.10 Å². The molecule has 0 bridgehead atoms. The Morgan fingerprint density at radius 2 is 1.66 bits per heavy atom. The number of amides is 1. The number of nitrogens with zero attached hydrogens (tertiary/aromatic N) is 2. The van der Waals surface area contributed by atoms with E-state index in [0.717, 1.165) is 16.2 Å². The quantitative estimate of drug-likeness (QED) is 0.629. The summed E-state index contributed by atoms with van der Waals surface area (Å²) in [7, 11) is 1.20. The minimum Gasteiger partial charge on any atom is -0.493 e. The molecule has 0 aliphatic heterocycles. The Morgan fingerprint density at radius 1 is 1.00 bits per heavy atom. The number of nitrogens with one attached hydrogen (secondary N) is 1. The number of para-hydroxylation sites is 1. The van der Waals surface area contributed by atoms with Crippen LogP contribution in [0.25, 0.3) is 0 Å². The molecule has 158 valence electrons. The van der Waals surface area contributed by atoms with Crippen LogP contribution >= 0.6 is 0 Å². The summed E-state index contributed by atoms with van der Waals surface area (Å²) in [6.45, 7) is 0.641. The van der Waals surface area contributed by atoms with Crippen molar-refractivity contribution in [2.45, 2.75) is 0 Å². The zero-order chi connectivity index (χ0) is 21.4. The number of ether oxygens (including phenoxy) is 2. The third-order valence-corrected chi connectivity index (χ3v) is 5.45. The number of likely N-dealkylation sites (N-methyl/N-ethyl adjacent to an activating group) is 1. The predicted octanol–water partition coefficient (Wildman–Crippen LogP) is 1.72. The van der Waals surface area contributed by atoms with E-state index in [9.17, 15) is 13.2 Å². The molecule has 0 fully saturated rings. The second-order valence-electron chi connectivity index (χ2n) is 6.42. The van der Waals surface area contributed by atoms with Crippen molar-refractivity contribution in [3.63, 3.8) is 0 Å². The zero-order valence-corrected chi connectivity index (χ0v) is 17.9. The van der Waals surface area contributed by atoms with Crippen LogP contribution in [0.2, 0.25) is 0 Å². The van der Waals surface area contributed by atoms with Crippen LogP contribution in [0, 0.1) is 0 Å². The molecule has 0 unspecified atom stereocenters. The lowest BCUT2D eigenvalue weighted by molar-refractivity contribution is -0.119. The van der Waals surface area contributed by atoms with Gasteiger partial charge in [-0.05, 0) is 24.3 Å². The number of methoxy groups -OCH3 is 2. The number of benzene rings is 2. The van der Waals surface area contributed by atoms with Crippen molar-refractivity contribution in [1.29, 1.82) is 0 Å². The molecule has 0 atom stereocenters. The monoisotopic (exact) mass is 421 g/mol. The molecule has 1 N–H and O–H groups in total. The van der Waals surface area contributed by atoms with Crippen molar-refractivity contribution in [2.24, 2.45) is 0 Å². The average Bonchev–Trinajstić information content (AvgIpc) is 2.71. The van der Waals surface area contributed by atoms with Gasteiger partial charge >= 0.3 is 0 Å². The fourth-order valence-electron chi connectivity index (χ4n) is 2.74. The van der Waals surface area contributed by atoms with E-state index in [4.69, 9.17) is 9.47 Å². The maximum absolute atomic E-state index is 12.4. The minimum atomic E-state index is -3.68. The summed E-state index contributed by atoms with van der Waals surface area (Å²) in [5.41, 5.74) is 1.35. The molecule has 0 aliphatic carbocycles. The van der Waals surface area contributed by atoms with Gasteiger partial charge in [0.2, 0.25) is 15.9 Å². The Balaban J connectivity index is 2.02. The summed E-state index contributed by atoms with van der Waals surface area (Å²) in [5.74, 6) is 0.452. The van der Waals surface area contributed by atoms with Crippen LogP contribution in [-0.4, -0.2) is 61.5 Å². The summed E-state index contributed by atoms with van der Waals surface area (Å²) in [6.07, 6.45) is 1.06. The van der Waals surface area contributed by atoms with Gasteiger partial charge in [0.25, 0.3) is 0 Å². The molecule has 1 amide bonds. The maximum atomic E-state index is 12.4. The molecular formula is C20H27N3O5S. The Labute approximate surface area is 172 Å². The third kappa shape index (κ3) is 6.28. The van der Waals surface area contributed by atoms with E-state index >= 15 is 0 Å². The minimum absolute atomic E-state index is 0.321. The summed E-state index contributed by atoms with van der Waals surface area (Å²) in [4.78, 5) is 14.4. The topological polar surface area (TPSA) is 88.2 Å². The van der Waals surface area contributed by atoms with Crippen molar-refractivity contribution in [1.82, 2.24) is 5.32 Å². The van der Waals surface area contributed by atoms with Gasteiger partial charge in [-0.2, -0.15) is 0 Å². The largest absolute Gasteiger partial charge is 0.493 e. The summed E-state index contributed by atoms with van der Waals surface area (Å²) in [6, 6.07) is 14.5. The van der Waals surface area contributed by atoms with Gasteiger partial charge in [-0.1, -0.05) is 18.2 Å². The van der Waals surface area contributed by atoms with E-state index < -0.39 is 15.9 Å². The Kier molecular flexibility index (Phi) is 7.72. The van der Waals surface area contributed by atoms with E-state index in [2.05, 4.69) is 5.32 Å². The number of rotatable bonds is 10. The molecule has 8 nitrogen and oxygen atoms in total. The zero-order valence-electron chi connectivity index (χ0n) is 17.1. The van der Waals surface area contributed by atoms with Crippen LogP contribution in [0.15, 0.2) is 48.5 Å². The summed E-state index contributed by atoms with van der Waals surface area (Å²) in [5, 5.41) is 2.76. The highest BCUT2D eigenvalue weighted by Gasteiger charge is 2.22. The maximum Gasteiger partial charge on any atom is 0.240 e. The van der Waals surface area contributed by atoms with E-state index in [1.54, 1.807) is 12.1 Å². The van der Waals surface area contributed by atoms with Crippen LogP contribution in [0.1, 0.15) is 0 Å². The standard InChI is InChI=1S/C20H27N3O5S/c1-22(16-8-6-5-7-9-16)13-12-21-20(24)15-23(29(4,25)26)17-10-11-18(27-2)19(14-17)28-3/h5-11,14H,12-13,15H2,1-4H3,(H,21,24). The van der Waals surface area contributed by atoms with E-state index in [-0.39, 0.29) is 6.54 Å². The van der Waals surface area contributed by atoms with Gasteiger partial charge in [0.15, 0.2) is 11.5 Å². The summed E-state index contributed by atoms with van der Waals surface area (Å²) < 4.78 is 35.9. The predicted molar refractivity (Wildman–Crippen MR) is 114 cm³/mol. The lowest BCUT2D eigenvalue weighted by Crippen LogP contribution is -2.42. The lowest BCUT2D eigenvalue weighted by Gasteiger charge is -2.23. The highest BCUT2D eigenvalue weighted by atomic mass is 32.2. The van der Waals surface area contributed by atoms with E-state index in [1.807, 2.05) is 42.3 Å². The van der Waals surface area contributed by atoms with Crippen LogP contribution in [0.5, 0.6) is 11.5 Å². The molecule has 0 saturated heterocycles. The van der Waals surface area contributed by atoms with Crippen LogP contribution in [-0.2, 0) is 14.8 Å². The molecule has 2 rings (SSSR count). The highest BCUT2D eigenvalue weighted by molar-refractivity contribution is 7.92. The number of sulfonamides is 1. The molecule has 0 radical (unpaired) electrons. The molecule has 2 aromatic carbocycles. The Hall–Kier alpha value is -2.94. The van der Waals surface area contributed by atoms with Crippen molar-refractivity contribution in [3.05, 3.63) is 48.5 Å². The van der Waals surface area contributed by atoms with Gasteiger partial charge in [-0.25, -0.2) is 8.42 Å². The van der Waals surface area contributed by atoms with Gasteiger partial charge in [0, 0.05) is 31.9 Å². The molecule has 0 aromatic heterocycles. The first-order valence-electron chi connectivity index (χ1n) is 8.99. The second-order valence-corrected chi connectivity index (χ2v) is 8.32. The first-order chi connectivity index (χ1) is 13.8. The van der Waals surface area contributed by atoms with Gasteiger partial charge in [-0.15, -0.1) is 0 Å².